The molecule has 0 saturated heterocycles. The van der Waals surface area contributed by atoms with Crippen LogP contribution in [0.5, 0.6) is 0 Å². The maximum atomic E-state index is 12.3. The maximum absolute atomic E-state index is 12.3. The van der Waals surface area contributed by atoms with Crippen molar-refractivity contribution >= 4 is 10.2 Å². The van der Waals surface area contributed by atoms with Crippen LogP contribution in [0.4, 0.5) is 0 Å². The minimum Gasteiger partial charge on any atom is -0.391 e. The lowest BCUT2D eigenvalue weighted by atomic mass is 10.1. The van der Waals surface area contributed by atoms with Crippen LogP contribution in [0.1, 0.15) is 36.9 Å². The van der Waals surface area contributed by atoms with Crippen LogP contribution < -0.4 is 4.72 Å². The van der Waals surface area contributed by atoms with E-state index < -0.39 is 22.4 Å². The van der Waals surface area contributed by atoms with Crippen molar-refractivity contribution in [3.8, 4) is 0 Å². The number of aliphatic hydroxyl groups is 1. The SMILES string of the molecule is CCCCN(C)S(=O)(=O)N[C@@H]1c2ccccc2C[C@@H]1O. The zero-order valence-corrected chi connectivity index (χ0v) is 12.7. The summed E-state index contributed by atoms with van der Waals surface area (Å²) < 4.78 is 28.4. The Morgan fingerprint density at radius 2 is 2.10 bits per heavy atom. The second-order valence-corrected chi connectivity index (χ2v) is 7.06. The first-order chi connectivity index (χ1) is 9.45. The van der Waals surface area contributed by atoms with Gasteiger partial charge in [-0.2, -0.15) is 17.4 Å². The van der Waals surface area contributed by atoms with Crippen molar-refractivity contribution in [1.82, 2.24) is 9.03 Å². The van der Waals surface area contributed by atoms with Crippen molar-refractivity contribution < 1.29 is 13.5 Å². The third kappa shape index (κ3) is 3.20. The van der Waals surface area contributed by atoms with Gasteiger partial charge in [0.1, 0.15) is 0 Å². The first-order valence-corrected chi connectivity index (χ1v) is 8.39. The summed E-state index contributed by atoms with van der Waals surface area (Å²) in [6.45, 7) is 2.50. The molecular weight excluding hydrogens is 276 g/mol. The van der Waals surface area contributed by atoms with E-state index in [2.05, 4.69) is 4.72 Å². The van der Waals surface area contributed by atoms with Gasteiger partial charge in [0.05, 0.1) is 12.1 Å². The highest BCUT2D eigenvalue weighted by Gasteiger charge is 2.34. The van der Waals surface area contributed by atoms with Gasteiger partial charge in [0, 0.05) is 20.0 Å². The molecule has 0 bridgehead atoms. The Morgan fingerprint density at radius 1 is 1.40 bits per heavy atom. The normalized spacial score (nSPS) is 22.2. The molecule has 2 atom stereocenters. The molecule has 0 amide bonds. The largest absolute Gasteiger partial charge is 0.391 e. The Labute approximate surface area is 120 Å². The van der Waals surface area contributed by atoms with E-state index in [-0.39, 0.29) is 0 Å². The molecule has 0 radical (unpaired) electrons. The predicted octanol–water partition coefficient (Wildman–Crippen LogP) is 1.21. The lowest BCUT2D eigenvalue weighted by molar-refractivity contribution is 0.150. The van der Waals surface area contributed by atoms with Crippen LogP contribution in [-0.4, -0.2) is 37.5 Å². The molecule has 6 heteroatoms. The van der Waals surface area contributed by atoms with E-state index in [4.69, 9.17) is 0 Å². The van der Waals surface area contributed by atoms with E-state index in [1.54, 1.807) is 7.05 Å². The second-order valence-electron chi connectivity index (χ2n) is 5.25. The monoisotopic (exact) mass is 298 g/mol. The number of nitrogens with one attached hydrogen (secondary N) is 1. The van der Waals surface area contributed by atoms with Crippen LogP contribution in [0.25, 0.3) is 0 Å². The molecule has 20 heavy (non-hydrogen) atoms. The molecule has 0 spiro atoms. The molecule has 5 nitrogen and oxygen atoms in total. The molecule has 0 aliphatic heterocycles. The number of nitrogens with zero attached hydrogens (tertiary/aromatic N) is 1. The lowest BCUT2D eigenvalue weighted by Crippen LogP contribution is -2.42. The van der Waals surface area contributed by atoms with E-state index in [0.717, 1.165) is 24.0 Å². The molecule has 1 aliphatic rings. The van der Waals surface area contributed by atoms with Crippen LogP contribution in [0.2, 0.25) is 0 Å². The highest BCUT2D eigenvalue weighted by Crippen LogP contribution is 2.31. The zero-order chi connectivity index (χ0) is 14.8. The van der Waals surface area contributed by atoms with Gasteiger partial charge in [-0.3, -0.25) is 0 Å². The summed E-state index contributed by atoms with van der Waals surface area (Å²) in [4.78, 5) is 0. The van der Waals surface area contributed by atoms with Crippen LogP contribution in [0.3, 0.4) is 0 Å². The van der Waals surface area contributed by atoms with Gasteiger partial charge in [0.2, 0.25) is 0 Å². The average Bonchev–Trinajstić information content (AvgIpc) is 2.72. The number of aliphatic hydroxyl groups excluding tert-OH is 1. The van der Waals surface area contributed by atoms with Gasteiger partial charge in [0.15, 0.2) is 0 Å². The lowest BCUT2D eigenvalue weighted by Gasteiger charge is -2.23. The molecule has 0 heterocycles. The summed E-state index contributed by atoms with van der Waals surface area (Å²) in [5, 5.41) is 10.1. The molecule has 1 aromatic carbocycles. The Bertz CT molecular complexity index is 559. The van der Waals surface area contributed by atoms with Crippen molar-refractivity contribution in [2.24, 2.45) is 0 Å². The number of unbranched alkanes of at least 4 members (excludes halogenated alkanes) is 1. The highest BCUT2D eigenvalue weighted by molar-refractivity contribution is 7.87. The number of benzene rings is 1. The average molecular weight is 298 g/mol. The Balaban J connectivity index is 2.13. The van der Waals surface area contributed by atoms with E-state index in [9.17, 15) is 13.5 Å². The van der Waals surface area contributed by atoms with Crippen LogP contribution >= 0.6 is 0 Å². The maximum Gasteiger partial charge on any atom is 0.279 e. The van der Waals surface area contributed by atoms with Gasteiger partial charge >= 0.3 is 0 Å². The Kier molecular flexibility index (Phi) is 4.80. The van der Waals surface area contributed by atoms with Gasteiger partial charge in [-0.05, 0) is 17.5 Å². The smallest absolute Gasteiger partial charge is 0.279 e. The van der Waals surface area contributed by atoms with E-state index in [1.165, 1.54) is 4.31 Å². The highest BCUT2D eigenvalue weighted by atomic mass is 32.2. The van der Waals surface area contributed by atoms with Crippen molar-refractivity contribution in [2.45, 2.75) is 38.3 Å². The van der Waals surface area contributed by atoms with Gasteiger partial charge in [-0.15, -0.1) is 0 Å². The van der Waals surface area contributed by atoms with E-state index in [1.807, 2.05) is 31.2 Å². The zero-order valence-electron chi connectivity index (χ0n) is 11.9. The van der Waals surface area contributed by atoms with Crippen molar-refractivity contribution in [2.75, 3.05) is 13.6 Å². The van der Waals surface area contributed by atoms with Gasteiger partial charge < -0.3 is 5.11 Å². The molecule has 0 saturated carbocycles. The van der Waals surface area contributed by atoms with Gasteiger partial charge in [0.25, 0.3) is 10.2 Å². The number of fused-ring (bicyclic) bond motifs is 1. The fraction of sp³-hybridized carbons (Fsp3) is 0.571. The van der Waals surface area contributed by atoms with Crippen LogP contribution in [0.15, 0.2) is 24.3 Å². The predicted molar refractivity (Wildman–Crippen MR) is 78.5 cm³/mol. The number of hydrogen-bond donors (Lipinski definition) is 2. The molecule has 0 aromatic heterocycles. The fourth-order valence-electron chi connectivity index (χ4n) is 2.47. The minimum absolute atomic E-state index is 0.482. The van der Waals surface area contributed by atoms with E-state index in [0.29, 0.717) is 13.0 Å². The van der Waals surface area contributed by atoms with Crippen molar-refractivity contribution in [1.29, 1.82) is 0 Å². The Morgan fingerprint density at radius 3 is 2.80 bits per heavy atom. The van der Waals surface area contributed by atoms with E-state index >= 15 is 0 Å². The van der Waals surface area contributed by atoms with Crippen molar-refractivity contribution in [3.63, 3.8) is 0 Å². The molecule has 0 unspecified atom stereocenters. The third-order valence-corrected chi connectivity index (χ3v) is 5.27. The molecule has 2 N–H and O–H groups in total. The Hall–Kier alpha value is -0.950. The van der Waals surface area contributed by atoms with Crippen molar-refractivity contribution in [3.05, 3.63) is 35.4 Å². The summed E-state index contributed by atoms with van der Waals surface area (Å²) >= 11 is 0. The summed E-state index contributed by atoms with van der Waals surface area (Å²) in [6.07, 6.45) is 1.54. The fourth-order valence-corrected chi connectivity index (χ4v) is 3.62. The van der Waals surface area contributed by atoms with Gasteiger partial charge in [-0.1, -0.05) is 37.6 Å². The summed E-state index contributed by atoms with van der Waals surface area (Å²) in [7, 11) is -2.01. The topological polar surface area (TPSA) is 69.6 Å². The number of hydrogen-bond acceptors (Lipinski definition) is 3. The minimum atomic E-state index is -3.57. The molecule has 2 rings (SSSR count). The quantitative estimate of drug-likeness (QED) is 0.829. The van der Waals surface area contributed by atoms with Gasteiger partial charge in [-0.25, -0.2) is 0 Å². The summed E-state index contributed by atoms with van der Waals surface area (Å²) in [5.74, 6) is 0. The molecule has 0 fully saturated rings. The molecule has 112 valence electrons. The third-order valence-electron chi connectivity index (χ3n) is 3.72. The molecular formula is C14H22N2O3S. The molecule has 1 aliphatic carbocycles. The van der Waals surface area contributed by atoms with Crippen LogP contribution in [-0.2, 0) is 16.6 Å². The summed E-state index contributed by atoms with van der Waals surface area (Å²) in [5.41, 5.74) is 1.87. The number of rotatable bonds is 6. The first-order valence-electron chi connectivity index (χ1n) is 6.95. The summed E-state index contributed by atoms with van der Waals surface area (Å²) in [6, 6.07) is 6.99. The molecule has 1 aromatic rings. The second kappa shape index (κ2) is 6.22. The standard InChI is InChI=1S/C14H22N2O3S/c1-3-4-9-16(2)20(18,19)15-14-12-8-6-5-7-11(12)10-13(14)17/h5-8,13-15,17H,3-4,9-10H2,1-2H3/t13-,14+/m0/s1. The first kappa shape index (κ1) is 15.4. The van der Waals surface area contributed by atoms with Crippen LogP contribution in [0, 0.1) is 0 Å².